The van der Waals surface area contributed by atoms with Crippen LogP contribution in [-0.4, -0.2) is 22.8 Å². The van der Waals surface area contributed by atoms with Gasteiger partial charge in [-0.1, -0.05) is 24.9 Å². The summed E-state index contributed by atoms with van der Waals surface area (Å²) in [6, 6.07) is 7.17. The number of carbonyl (C=O) groups excluding carboxylic acids is 1. The largest absolute Gasteiger partial charge is 0.464 e. The van der Waals surface area contributed by atoms with E-state index in [1.54, 1.807) is 18.0 Å². The third-order valence-corrected chi connectivity index (χ3v) is 3.33. The molecule has 112 valence electrons. The third kappa shape index (κ3) is 4.08. The molecule has 2 heterocycles. The number of aromatic nitrogens is 1. The number of hydrogen-bond donors (Lipinski definition) is 0. The van der Waals surface area contributed by atoms with Crippen LogP contribution in [0.5, 0.6) is 0 Å². The van der Waals surface area contributed by atoms with Crippen molar-refractivity contribution in [2.24, 2.45) is 0 Å². The number of furan rings is 1. The van der Waals surface area contributed by atoms with Crippen molar-refractivity contribution in [2.75, 3.05) is 7.05 Å². The van der Waals surface area contributed by atoms with E-state index in [4.69, 9.17) is 16.0 Å². The van der Waals surface area contributed by atoms with Gasteiger partial charge in [0.1, 0.15) is 16.7 Å². The van der Waals surface area contributed by atoms with Crippen molar-refractivity contribution in [2.45, 2.75) is 33.2 Å². The molecule has 0 spiro atoms. The minimum Gasteiger partial charge on any atom is -0.464 e. The van der Waals surface area contributed by atoms with Gasteiger partial charge in [0, 0.05) is 18.3 Å². The zero-order valence-electron chi connectivity index (χ0n) is 12.5. The van der Waals surface area contributed by atoms with E-state index in [1.807, 2.05) is 25.1 Å². The Morgan fingerprint density at radius 1 is 1.38 bits per heavy atom. The van der Waals surface area contributed by atoms with Gasteiger partial charge in [-0.05, 0) is 37.6 Å². The van der Waals surface area contributed by atoms with Gasteiger partial charge in [-0.25, -0.2) is 4.98 Å². The van der Waals surface area contributed by atoms with Gasteiger partial charge in [0.25, 0.3) is 5.91 Å². The topological polar surface area (TPSA) is 46.3 Å². The summed E-state index contributed by atoms with van der Waals surface area (Å²) in [5, 5.41) is 0.353. The number of carbonyl (C=O) groups is 1. The zero-order valence-corrected chi connectivity index (χ0v) is 13.3. The molecule has 21 heavy (non-hydrogen) atoms. The van der Waals surface area contributed by atoms with E-state index in [-0.39, 0.29) is 5.91 Å². The van der Waals surface area contributed by atoms with Crippen molar-refractivity contribution < 1.29 is 9.21 Å². The highest BCUT2D eigenvalue weighted by Crippen LogP contribution is 2.16. The molecule has 2 aromatic rings. The number of nitrogens with zero attached hydrogens (tertiary/aromatic N) is 2. The molecular weight excluding hydrogens is 288 g/mol. The second kappa shape index (κ2) is 6.76. The van der Waals surface area contributed by atoms with Crippen molar-refractivity contribution in [3.05, 3.63) is 52.2 Å². The van der Waals surface area contributed by atoms with Crippen LogP contribution in [0, 0.1) is 6.92 Å². The van der Waals surface area contributed by atoms with Crippen LogP contribution in [0.3, 0.4) is 0 Å². The van der Waals surface area contributed by atoms with Gasteiger partial charge in [-0.2, -0.15) is 0 Å². The summed E-state index contributed by atoms with van der Waals surface area (Å²) in [6.07, 6.45) is 1.77. The normalized spacial score (nSPS) is 10.7. The highest BCUT2D eigenvalue weighted by molar-refractivity contribution is 6.29. The number of amides is 1. The van der Waals surface area contributed by atoms with Crippen LogP contribution in [0.2, 0.25) is 5.15 Å². The van der Waals surface area contributed by atoms with Gasteiger partial charge in [0.05, 0.1) is 6.54 Å². The Hall–Kier alpha value is -1.81. The molecule has 0 saturated heterocycles. The van der Waals surface area contributed by atoms with Crippen molar-refractivity contribution in [1.82, 2.24) is 9.88 Å². The molecule has 0 bridgehead atoms. The standard InChI is InChI=1S/C16H19ClN2O2/c1-4-5-13-8-12(9-15(17)18-13)16(20)19(3)10-14-7-6-11(2)21-14/h6-9H,4-5,10H2,1-3H3. The van der Waals surface area contributed by atoms with Crippen LogP contribution in [0.4, 0.5) is 0 Å². The number of hydrogen-bond acceptors (Lipinski definition) is 3. The number of aryl methyl sites for hydroxylation is 2. The first kappa shape index (κ1) is 15.6. The summed E-state index contributed by atoms with van der Waals surface area (Å²) in [4.78, 5) is 18.3. The molecule has 0 radical (unpaired) electrons. The monoisotopic (exact) mass is 306 g/mol. The molecule has 0 aliphatic rings. The SMILES string of the molecule is CCCc1cc(C(=O)N(C)Cc2ccc(C)o2)cc(Cl)n1. The summed E-state index contributed by atoms with van der Waals surface area (Å²) >= 11 is 6.00. The van der Waals surface area contributed by atoms with Gasteiger partial charge in [-0.15, -0.1) is 0 Å². The average molecular weight is 307 g/mol. The predicted molar refractivity (Wildman–Crippen MR) is 82.5 cm³/mol. The number of pyridine rings is 1. The fourth-order valence-electron chi connectivity index (χ4n) is 2.15. The van der Waals surface area contributed by atoms with Crippen LogP contribution in [0.15, 0.2) is 28.7 Å². The van der Waals surface area contributed by atoms with Crippen LogP contribution in [0.1, 0.15) is 40.9 Å². The highest BCUT2D eigenvalue weighted by Gasteiger charge is 2.15. The third-order valence-electron chi connectivity index (χ3n) is 3.14. The van der Waals surface area contributed by atoms with Gasteiger partial charge in [0.2, 0.25) is 0 Å². The lowest BCUT2D eigenvalue weighted by Crippen LogP contribution is -2.26. The Morgan fingerprint density at radius 2 is 2.14 bits per heavy atom. The van der Waals surface area contributed by atoms with E-state index in [2.05, 4.69) is 11.9 Å². The molecular formula is C16H19ClN2O2. The Balaban J connectivity index is 2.14. The van der Waals surface area contributed by atoms with Crippen LogP contribution >= 0.6 is 11.6 Å². The second-order valence-electron chi connectivity index (χ2n) is 5.09. The van der Waals surface area contributed by atoms with Gasteiger partial charge in [-0.3, -0.25) is 4.79 Å². The minimum absolute atomic E-state index is 0.0919. The smallest absolute Gasteiger partial charge is 0.254 e. The molecule has 0 aliphatic heterocycles. The summed E-state index contributed by atoms with van der Waals surface area (Å²) in [7, 11) is 1.74. The molecule has 0 aromatic carbocycles. The molecule has 1 amide bonds. The molecule has 0 atom stereocenters. The van der Waals surface area contributed by atoms with Crippen LogP contribution in [0.25, 0.3) is 0 Å². The van der Waals surface area contributed by atoms with Crippen molar-refractivity contribution in [3.8, 4) is 0 Å². The summed E-state index contributed by atoms with van der Waals surface area (Å²) < 4.78 is 5.49. The first-order valence-electron chi connectivity index (χ1n) is 6.97. The summed E-state index contributed by atoms with van der Waals surface area (Å²) in [6.45, 7) is 4.37. The van der Waals surface area contributed by atoms with Crippen molar-refractivity contribution in [3.63, 3.8) is 0 Å². The second-order valence-corrected chi connectivity index (χ2v) is 5.48. The van der Waals surface area contributed by atoms with Crippen LogP contribution < -0.4 is 0 Å². The predicted octanol–water partition coefficient (Wildman–Crippen LogP) is 3.86. The molecule has 0 N–H and O–H groups in total. The van der Waals surface area contributed by atoms with Crippen LogP contribution in [-0.2, 0) is 13.0 Å². The van der Waals surface area contributed by atoms with Crippen molar-refractivity contribution >= 4 is 17.5 Å². The Labute approximate surface area is 129 Å². The van der Waals surface area contributed by atoms with E-state index in [9.17, 15) is 4.79 Å². The maximum Gasteiger partial charge on any atom is 0.254 e. The molecule has 0 unspecified atom stereocenters. The first-order valence-corrected chi connectivity index (χ1v) is 7.34. The van der Waals surface area contributed by atoms with Crippen molar-refractivity contribution in [1.29, 1.82) is 0 Å². The number of halogens is 1. The van der Waals surface area contributed by atoms with E-state index in [0.717, 1.165) is 30.1 Å². The van der Waals surface area contributed by atoms with E-state index < -0.39 is 0 Å². The Kier molecular flexibility index (Phi) is 5.02. The maximum atomic E-state index is 12.5. The maximum absolute atomic E-state index is 12.5. The molecule has 4 nitrogen and oxygen atoms in total. The highest BCUT2D eigenvalue weighted by atomic mass is 35.5. The van der Waals surface area contributed by atoms with E-state index >= 15 is 0 Å². The van der Waals surface area contributed by atoms with E-state index in [0.29, 0.717) is 17.3 Å². The Bertz CT molecular complexity index is 637. The Morgan fingerprint density at radius 3 is 2.76 bits per heavy atom. The van der Waals surface area contributed by atoms with Gasteiger partial charge in [0.15, 0.2) is 0 Å². The quantitative estimate of drug-likeness (QED) is 0.788. The molecule has 0 saturated carbocycles. The fraction of sp³-hybridized carbons (Fsp3) is 0.375. The lowest BCUT2D eigenvalue weighted by atomic mass is 10.1. The average Bonchev–Trinajstić information content (AvgIpc) is 2.83. The lowest BCUT2D eigenvalue weighted by molar-refractivity contribution is 0.0774. The minimum atomic E-state index is -0.0919. The van der Waals surface area contributed by atoms with E-state index in [1.165, 1.54) is 0 Å². The summed E-state index contributed by atoms with van der Waals surface area (Å²) in [5.41, 5.74) is 1.40. The van der Waals surface area contributed by atoms with Gasteiger partial charge >= 0.3 is 0 Å². The van der Waals surface area contributed by atoms with Gasteiger partial charge < -0.3 is 9.32 Å². The molecule has 0 aliphatic carbocycles. The molecule has 5 heteroatoms. The fourth-order valence-corrected chi connectivity index (χ4v) is 2.38. The first-order chi connectivity index (χ1) is 9.99. The summed E-state index contributed by atoms with van der Waals surface area (Å²) in [5.74, 6) is 1.51. The number of rotatable bonds is 5. The zero-order chi connectivity index (χ0) is 15.4. The lowest BCUT2D eigenvalue weighted by Gasteiger charge is -2.16. The molecule has 2 rings (SSSR count). The molecule has 2 aromatic heterocycles. The molecule has 0 fully saturated rings.